The lowest BCUT2D eigenvalue weighted by atomic mass is 10.1. The van der Waals surface area contributed by atoms with Crippen LogP contribution in [0.1, 0.15) is 19.5 Å². The fraction of sp³-hybridized carbons (Fsp3) is 0.375. The average molecular weight is 173 g/mol. The zero-order valence-corrected chi connectivity index (χ0v) is 7.11. The minimum absolute atomic E-state index is 0.238. The first kappa shape index (κ1) is 8.47. The van der Waals surface area contributed by atoms with Crippen LogP contribution in [0.15, 0.2) is 12.3 Å². The van der Waals surface area contributed by atoms with E-state index < -0.39 is 5.67 Å². The number of aromatic nitrogens is 1. The maximum Gasteiger partial charge on any atom is 0.148 e. The molecule has 0 aliphatic carbocycles. The molecule has 1 heterocycles. The second kappa shape index (κ2) is 2.78. The maximum atomic E-state index is 13.2. The van der Waals surface area contributed by atoms with Crippen molar-refractivity contribution in [2.24, 2.45) is 0 Å². The van der Waals surface area contributed by atoms with Gasteiger partial charge in [0.05, 0.1) is 10.7 Å². The molecule has 0 bridgehead atoms. The predicted octanol–water partition coefficient (Wildman–Crippen LogP) is 2.74. The first-order chi connectivity index (χ1) is 5.02. The van der Waals surface area contributed by atoms with E-state index in [0.29, 0.717) is 0 Å². The predicted molar refractivity (Wildman–Crippen MR) is 42.2 cm³/mol. The van der Waals surface area contributed by atoms with E-state index in [-0.39, 0.29) is 10.7 Å². The van der Waals surface area contributed by atoms with Crippen molar-refractivity contribution in [2.45, 2.75) is 19.5 Å². The standard InChI is InChI=1S/C8H8ClFN/c1-8(2,10)7-6(9)4-3-5-11-7/h3,5H,1-2H3. The van der Waals surface area contributed by atoms with Gasteiger partial charge in [0.1, 0.15) is 5.67 Å². The molecule has 0 aliphatic rings. The maximum absolute atomic E-state index is 13.2. The quantitative estimate of drug-likeness (QED) is 0.635. The third kappa shape index (κ3) is 1.90. The Bertz CT molecular complexity index is 255. The summed E-state index contributed by atoms with van der Waals surface area (Å²) in [7, 11) is 0. The molecule has 59 valence electrons. The van der Waals surface area contributed by atoms with Gasteiger partial charge in [-0.2, -0.15) is 0 Å². The molecule has 0 saturated heterocycles. The molecule has 1 aromatic heterocycles. The molecule has 0 N–H and O–H groups in total. The monoisotopic (exact) mass is 172 g/mol. The third-order valence-electron chi connectivity index (χ3n) is 1.26. The van der Waals surface area contributed by atoms with Crippen molar-refractivity contribution in [3.8, 4) is 0 Å². The summed E-state index contributed by atoms with van der Waals surface area (Å²) in [5, 5.41) is 0.250. The van der Waals surface area contributed by atoms with Crippen LogP contribution < -0.4 is 0 Å². The van der Waals surface area contributed by atoms with Crippen molar-refractivity contribution in [3.63, 3.8) is 0 Å². The number of hydrogen-bond donors (Lipinski definition) is 0. The Balaban J connectivity index is 3.14. The van der Waals surface area contributed by atoms with Crippen LogP contribution in [0.3, 0.4) is 0 Å². The highest BCUT2D eigenvalue weighted by Gasteiger charge is 2.23. The summed E-state index contributed by atoms with van der Waals surface area (Å²) in [5.41, 5.74) is -1.25. The number of alkyl halides is 1. The fourth-order valence-electron chi connectivity index (χ4n) is 0.762. The van der Waals surface area contributed by atoms with E-state index in [1.54, 1.807) is 6.07 Å². The summed E-state index contributed by atoms with van der Waals surface area (Å²) >= 11 is 5.65. The summed E-state index contributed by atoms with van der Waals surface area (Å²) < 4.78 is 13.2. The van der Waals surface area contributed by atoms with Gasteiger partial charge in [0.25, 0.3) is 0 Å². The third-order valence-corrected chi connectivity index (χ3v) is 1.55. The van der Waals surface area contributed by atoms with Gasteiger partial charge in [-0.3, -0.25) is 4.98 Å². The lowest BCUT2D eigenvalue weighted by molar-refractivity contribution is 0.214. The summed E-state index contributed by atoms with van der Waals surface area (Å²) in [6.45, 7) is 2.82. The molecule has 1 aromatic rings. The SMILES string of the molecule is CC(C)(F)c1ncc[c]c1Cl. The van der Waals surface area contributed by atoms with E-state index >= 15 is 0 Å². The Hall–Kier alpha value is -0.630. The molecule has 0 saturated carbocycles. The van der Waals surface area contributed by atoms with Gasteiger partial charge in [0.15, 0.2) is 0 Å². The number of hydrogen-bond acceptors (Lipinski definition) is 1. The molecule has 3 heteroatoms. The van der Waals surface area contributed by atoms with Gasteiger partial charge in [0, 0.05) is 12.3 Å². The van der Waals surface area contributed by atoms with Crippen LogP contribution in [-0.4, -0.2) is 4.98 Å². The molecule has 1 rings (SSSR count). The second-order valence-electron chi connectivity index (χ2n) is 2.72. The van der Waals surface area contributed by atoms with Crippen LogP contribution in [-0.2, 0) is 5.67 Å². The lowest BCUT2D eigenvalue weighted by Gasteiger charge is -2.13. The van der Waals surface area contributed by atoms with Crippen LogP contribution in [0.4, 0.5) is 4.39 Å². The second-order valence-corrected chi connectivity index (χ2v) is 3.10. The highest BCUT2D eigenvalue weighted by molar-refractivity contribution is 6.31. The van der Waals surface area contributed by atoms with Crippen LogP contribution in [0.25, 0.3) is 0 Å². The summed E-state index contributed by atoms with van der Waals surface area (Å²) in [6, 6.07) is 4.22. The van der Waals surface area contributed by atoms with Crippen LogP contribution in [0, 0.1) is 6.07 Å². The molecular weight excluding hydrogens is 165 g/mol. The normalized spacial score (nSPS) is 11.6. The molecule has 1 nitrogen and oxygen atoms in total. The molecule has 0 atom stereocenters. The largest absolute Gasteiger partial charge is 0.256 e. The molecular formula is C8H8ClFN. The molecule has 0 aromatic carbocycles. The summed E-state index contributed by atoms with van der Waals surface area (Å²) in [4.78, 5) is 3.81. The van der Waals surface area contributed by atoms with Gasteiger partial charge in [0.2, 0.25) is 0 Å². The lowest BCUT2D eigenvalue weighted by Crippen LogP contribution is -2.11. The topological polar surface area (TPSA) is 12.9 Å². The van der Waals surface area contributed by atoms with E-state index in [2.05, 4.69) is 11.1 Å². The molecule has 11 heavy (non-hydrogen) atoms. The van der Waals surface area contributed by atoms with Gasteiger partial charge in [-0.15, -0.1) is 0 Å². The minimum atomic E-state index is -1.49. The first-order valence-electron chi connectivity index (χ1n) is 3.23. The molecule has 1 radical (unpaired) electrons. The Morgan fingerprint density at radius 3 is 2.64 bits per heavy atom. The van der Waals surface area contributed by atoms with Crippen molar-refractivity contribution < 1.29 is 4.39 Å². The molecule has 0 unspecified atom stereocenters. The highest BCUT2D eigenvalue weighted by atomic mass is 35.5. The summed E-state index contributed by atoms with van der Waals surface area (Å²) in [6.07, 6.45) is 1.47. The van der Waals surface area contributed by atoms with E-state index in [0.717, 1.165) is 0 Å². The van der Waals surface area contributed by atoms with Gasteiger partial charge in [-0.05, 0) is 19.9 Å². The van der Waals surface area contributed by atoms with Gasteiger partial charge < -0.3 is 0 Å². The van der Waals surface area contributed by atoms with Crippen molar-refractivity contribution in [2.75, 3.05) is 0 Å². The first-order valence-corrected chi connectivity index (χ1v) is 3.61. The van der Waals surface area contributed by atoms with E-state index in [1.807, 2.05) is 0 Å². The van der Waals surface area contributed by atoms with Crippen LogP contribution >= 0.6 is 11.6 Å². The number of pyridine rings is 1. The van der Waals surface area contributed by atoms with Crippen molar-refractivity contribution >= 4 is 11.6 Å². The van der Waals surface area contributed by atoms with Crippen molar-refractivity contribution in [1.82, 2.24) is 4.98 Å². The minimum Gasteiger partial charge on any atom is -0.256 e. The number of nitrogens with zero attached hydrogens (tertiary/aromatic N) is 1. The number of halogens is 2. The zero-order chi connectivity index (χ0) is 8.48. The Morgan fingerprint density at radius 2 is 2.27 bits per heavy atom. The van der Waals surface area contributed by atoms with Gasteiger partial charge in [-0.1, -0.05) is 11.6 Å². The van der Waals surface area contributed by atoms with Crippen LogP contribution in [0.5, 0.6) is 0 Å². The van der Waals surface area contributed by atoms with Crippen LogP contribution in [0.2, 0.25) is 5.02 Å². The van der Waals surface area contributed by atoms with Crippen molar-refractivity contribution in [1.29, 1.82) is 0 Å². The van der Waals surface area contributed by atoms with Gasteiger partial charge >= 0.3 is 0 Å². The van der Waals surface area contributed by atoms with E-state index in [4.69, 9.17) is 11.6 Å². The van der Waals surface area contributed by atoms with Gasteiger partial charge in [-0.25, -0.2) is 4.39 Å². The van der Waals surface area contributed by atoms with E-state index in [1.165, 1.54) is 20.0 Å². The van der Waals surface area contributed by atoms with Crippen molar-refractivity contribution in [3.05, 3.63) is 29.0 Å². The average Bonchev–Trinajstić information content (AvgIpc) is 1.86. The fourth-order valence-corrected chi connectivity index (χ4v) is 1.10. The van der Waals surface area contributed by atoms with E-state index in [9.17, 15) is 4.39 Å². The highest BCUT2D eigenvalue weighted by Crippen LogP contribution is 2.27. The molecule has 0 aliphatic heterocycles. The Morgan fingerprint density at radius 1 is 1.64 bits per heavy atom. The Labute approximate surface area is 70.2 Å². The molecule has 0 fully saturated rings. The zero-order valence-electron chi connectivity index (χ0n) is 6.36. The smallest absolute Gasteiger partial charge is 0.148 e. The summed E-state index contributed by atoms with van der Waals surface area (Å²) in [5.74, 6) is 0. The molecule has 0 spiro atoms. The Kier molecular flexibility index (Phi) is 2.14. The molecule has 0 amide bonds. The number of rotatable bonds is 1.